The summed E-state index contributed by atoms with van der Waals surface area (Å²) in [6.07, 6.45) is 7.74. The Hall–Kier alpha value is -3.51. The molecule has 1 fully saturated rings. The molecular weight excluding hydrogens is 451 g/mol. The van der Waals surface area contributed by atoms with Gasteiger partial charge in [0.2, 0.25) is 5.91 Å². The van der Waals surface area contributed by atoms with E-state index in [0.29, 0.717) is 19.0 Å². The van der Waals surface area contributed by atoms with Crippen molar-refractivity contribution in [1.82, 2.24) is 15.2 Å². The highest BCUT2D eigenvalue weighted by atomic mass is 19.1. The molecule has 0 atom stereocenters. The maximum atomic E-state index is 13.2. The quantitative estimate of drug-likeness (QED) is 0.522. The van der Waals surface area contributed by atoms with Gasteiger partial charge in [0.15, 0.2) is 0 Å². The summed E-state index contributed by atoms with van der Waals surface area (Å²) >= 11 is 0. The minimum atomic E-state index is -0.180. The van der Waals surface area contributed by atoms with Crippen LogP contribution in [0.5, 0.6) is 0 Å². The van der Waals surface area contributed by atoms with Crippen molar-refractivity contribution in [3.63, 3.8) is 0 Å². The number of amides is 1. The van der Waals surface area contributed by atoms with Gasteiger partial charge in [-0.25, -0.2) is 4.39 Å². The third-order valence-corrected chi connectivity index (χ3v) is 7.30. The van der Waals surface area contributed by atoms with Gasteiger partial charge in [-0.05, 0) is 72.4 Å². The molecule has 0 unspecified atom stereocenters. The number of halogens is 1. The molecule has 2 aromatic carbocycles. The van der Waals surface area contributed by atoms with Crippen molar-refractivity contribution in [3.8, 4) is 0 Å². The van der Waals surface area contributed by atoms with Gasteiger partial charge < -0.3 is 10.2 Å². The van der Waals surface area contributed by atoms with E-state index in [1.807, 2.05) is 30.3 Å². The SMILES string of the molecule is O=C(Cc1ccc(N2CCC(N3CC=C(c4ccc(F)cc4)CC3)CC2)cc1)NCc1ccccn1. The van der Waals surface area contributed by atoms with Crippen LogP contribution in [-0.2, 0) is 17.8 Å². The highest BCUT2D eigenvalue weighted by molar-refractivity contribution is 5.78. The summed E-state index contributed by atoms with van der Waals surface area (Å²) < 4.78 is 13.2. The molecule has 5 nitrogen and oxygen atoms in total. The number of carbonyl (C=O) groups is 1. The molecule has 5 rings (SSSR count). The Morgan fingerprint density at radius 3 is 2.42 bits per heavy atom. The van der Waals surface area contributed by atoms with Gasteiger partial charge in [0.05, 0.1) is 18.7 Å². The lowest BCUT2D eigenvalue weighted by Crippen LogP contribution is -2.46. The fraction of sp³-hybridized carbons (Fsp3) is 0.333. The fourth-order valence-corrected chi connectivity index (χ4v) is 5.20. The first-order valence-electron chi connectivity index (χ1n) is 12.8. The Kier molecular flexibility index (Phi) is 7.72. The van der Waals surface area contributed by atoms with Gasteiger partial charge in [0, 0.05) is 44.1 Å². The van der Waals surface area contributed by atoms with Crippen LogP contribution in [0.2, 0.25) is 0 Å². The summed E-state index contributed by atoms with van der Waals surface area (Å²) in [5, 5.41) is 2.94. The largest absolute Gasteiger partial charge is 0.371 e. The van der Waals surface area contributed by atoms with Crippen molar-refractivity contribution in [3.05, 3.63) is 102 Å². The van der Waals surface area contributed by atoms with Crippen LogP contribution < -0.4 is 10.2 Å². The molecule has 3 heterocycles. The molecule has 6 heteroatoms. The highest BCUT2D eigenvalue weighted by Crippen LogP contribution is 2.28. The zero-order valence-corrected chi connectivity index (χ0v) is 20.6. The number of rotatable bonds is 7. The van der Waals surface area contributed by atoms with Crippen LogP contribution in [0.15, 0.2) is 79.0 Å². The molecule has 0 saturated carbocycles. The lowest BCUT2D eigenvalue weighted by molar-refractivity contribution is -0.120. The number of hydrogen-bond acceptors (Lipinski definition) is 4. The first-order chi connectivity index (χ1) is 17.6. The molecule has 1 amide bonds. The standard InChI is InChI=1S/C30H33FN4O/c31-26-8-6-24(7-9-26)25-12-17-34(18-13-25)29-14-19-35(20-15-29)28-10-4-23(5-11-28)21-30(36)33-22-27-3-1-2-16-32-27/h1-12,16,29H,13-15,17-22H2,(H,33,36). The maximum absolute atomic E-state index is 13.2. The van der Waals surface area contributed by atoms with E-state index >= 15 is 0 Å². The average Bonchev–Trinajstić information content (AvgIpc) is 2.94. The molecule has 0 aliphatic carbocycles. The molecule has 1 saturated heterocycles. The minimum absolute atomic E-state index is 0.00684. The van der Waals surface area contributed by atoms with Gasteiger partial charge >= 0.3 is 0 Å². The van der Waals surface area contributed by atoms with Crippen molar-refractivity contribution in [2.75, 3.05) is 31.1 Å². The number of nitrogens with one attached hydrogen (secondary N) is 1. The van der Waals surface area contributed by atoms with Crippen LogP contribution >= 0.6 is 0 Å². The molecule has 186 valence electrons. The number of benzene rings is 2. The number of pyridine rings is 1. The predicted octanol–water partition coefficient (Wildman–Crippen LogP) is 4.84. The number of nitrogens with zero attached hydrogens (tertiary/aromatic N) is 3. The zero-order chi connectivity index (χ0) is 24.7. The Bertz CT molecular complexity index is 1170. The maximum Gasteiger partial charge on any atom is 0.224 e. The lowest BCUT2D eigenvalue weighted by atomic mass is 9.96. The molecule has 0 spiro atoms. The minimum Gasteiger partial charge on any atom is -0.371 e. The fourth-order valence-electron chi connectivity index (χ4n) is 5.20. The molecule has 36 heavy (non-hydrogen) atoms. The topological polar surface area (TPSA) is 48.5 Å². The smallest absolute Gasteiger partial charge is 0.224 e. The van der Waals surface area contributed by atoms with Crippen LogP contribution in [0.25, 0.3) is 5.57 Å². The second-order valence-electron chi connectivity index (χ2n) is 9.64. The summed E-state index contributed by atoms with van der Waals surface area (Å²) in [5.74, 6) is -0.173. The summed E-state index contributed by atoms with van der Waals surface area (Å²) in [5.41, 5.74) is 5.57. The third kappa shape index (κ3) is 6.18. The van der Waals surface area contributed by atoms with Crippen LogP contribution in [0.4, 0.5) is 10.1 Å². The van der Waals surface area contributed by atoms with Crippen LogP contribution in [-0.4, -0.2) is 48.0 Å². The van der Waals surface area contributed by atoms with E-state index in [9.17, 15) is 9.18 Å². The molecule has 3 aromatic rings. The normalized spacial score (nSPS) is 17.0. The lowest BCUT2D eigenvalue weighted by Gasteiger charge is -2.40. The second kappa shape index (κ2) is 11.5. The first-order valence-corrected chi connectivity index (χ1v) is 12.8. The van der Waals surface area contributed by atoms with Crippen LogP contribution in [0.3, 0.4) is 0 Å². The number of piperidine rings is 1. The Balaban J connectivity index is 1.07. The van der Waals surface area contributed by atoms with E-state index in [1.54, 1.807) is 18.3 Å². The van der Waals surface area contributed by atoms with E-state index in [0.717, 1.165) is 62.3 Å². The number of carbonyl (C=O) groups excluding carboxylic acids is 1. The Morgan fingerprint density at radius 1 is 0.972 bits per heavy atom. The number of anilines is 1. The average molecular weight is 485 g/mol. The van der Waals surface area contributed by atoms with Crippen molar-refractivity contribution in [2.24, 2.45) is 0 Å². The summed E-state index contributed by atoms with van der Waals surface area (Å²) in [7, 11) is 0. The van der Waals surface area contributed by atoms with E-state index in [2.05, 4.69) is 50.4 Å². The van der Waals surface area contributed by atoms with Gasteiger partial charge in [-0.1, -0.05) is 36.4 Å². The third-order valence-electron chi connectivity index (χ3n) is 7.30. The monoisotopic (exact) mass is 484 g/mol. The van der Waals surface area contributed by atoms with E-state index in [4.69, 9.17) is 0 Å². The number of aromatic nitrogens is 1. The highest BCUT2D eigenvalue weighted by Gasteiger charge is 2.26. The summed E-state index contributed by atoms with van der Waals surface area (Å²) in [6, 6.07) is 21.6. The molecule has 0 bridgehead atoms. The summed E-state index contributed by atoms with van der Waals surface area (Å²) in [6.45, 7) is 4.56. The molecule has 0 radical (unpaired) electrons. The van der Waals surface area contributed by atoms with E-state index < -0.39 is 0 Å². The van der Waals surface area contributed by atoms with Gasteiger partial charge in [0.1, 0.15) is 5.82 Å². The van der Waals surface area contributed by atoms with Crippen molar-refractivity contribution in [2.45, 2.75) is 38.3 Å². The second-order valence-corrected chi connectivity index (χ2v) is 9.64. The molecule has 1 N–H and O–H groups in total. The van der Waals surface area contributed by atoms with Crippen molar-refractivity contribution < 1.29 is 9.18 Å². The van der Waals surface area contributed by atoms with Gasteiger partial charge in [0.25, 0.3) is 0 Å². The zero-order valence-electron chi connectivity index (χ0n) is 20.6. The number of hydrogen-bond donors (Lipinski definition) is 1. The molecular formula is C30H33FN4O. The van der Waals surface area contributed by atoms with E-state index in [1.165, 1.54) is 11.3 Å². The van der Waals surface area contributed by atoms with Crippen LogP contribution in [0, 0.1) is 5.82 Å². The van der Waals surface area contributed by atoms with Gasteiger partial charge in [-0.15, -0.1) is 0 Å². The Morgan fingerprint density at radius 2 is 1.75 bits per heavy atom. The van der Waals surface area contributed by atoms with Gasteiger partial charge in [-0.2, -0.15) is 0 Å². The molecule has 1 aromatic heterocycles. The predicted molar refractivity (Wildman–Crippen MR) is 142 cm³/mol. The molecule has 2 aliphatic heterocycles. The van der Waals surface area contributed by atoms with Gasteiger partial charge in [-0.3, -0.25) is 14.7 Å². The van der Waals surface area contributed by atoms with E-state index in [-0.39, 0.29) is 11.7 Å². The van der Waals surface area contributed by atoms with Crippen molar-refractivity contribution in [1.29, 1.82) is 0 Å². The summed E-state index contributed by atoms with van der Waals surface area (Å²) in [4.78, 5) is 21.6. The van der Waals surface area contributed by atoms with Crippen LogP contribution in [0.1, 0.15) is 36.1 Å². The first kappa shape index (κ1) is 24.2. The molecule has 2 aliphatic rings. The Labute approximate surface area is 212 Å². The van der Waals surface area contributed by atoms with Crippen molar-refractivity contribution >= 4 is 17.2 Å².